The molecule has 5 heteroatoms. The Bertz CT molecular complexity index is 432. The fourth-order valence-corrected chi connectivity index (χ4v) is 2.22. The monoisotopic (exact) mass is 222 g/mol. The Kier molecular flexibility index (Phi) is 3.01. The minimum absolute atomic E-state index is 0.906. The molecule has 15 heavy (non-hydrogen) atoms. The molecule has 80 valence electrons. The first-order chi connectivity index (χ1) is 7.29. The van der Waals surface area contributed by atoms with Crippen LogP contribution < -0.4 is 5.32 Å². The molecule has 0 aliphatic heterocycles. The number of thiazole rings is 1. The van der Waals surface area contributed by atoms with Crippen molar-refractivity contribution >= 4 is 17.3 Å². The normalized spacial score (nSPS) is 10.5. The van der Waals surface area contributed by atoms with Crippen molar-refractivity contribution < 1.29 is 0 Å². The van der Waals surface area contributed by atoms with Gasteiger partial charge in [0.15, 0.2) is 0 Å². The number of rotatable bonds is 4. The number of aryl methyl sites for hydroxylation is 3. The minimum atomic E-state index is 0.906. The first-order valence-electron chi connectivity index (χ1n) is 4.89. The zero-order valence-electron chi connectivity index (χ0n) is 8.90. The van der Waals surface area contributed by atoms with Gasteiger partial charge in [-0.3, -0.25) is 0 Å². The van der Waals surface area contributed by atoms with Crippen LogP contribution in [0.5, 0.6) is 0 Å². The zero-order chi connectivity index (χ0) is 10.7. The zero-order valence-corrected chi connectivity index (χ0v) is 9.71. The summed E-state index contributed by atoms with van der Waals surface area (Å²) in [6.07, 6.45) is 4.74. The van der Waals surface area contributed by atoms with Crippen molar-refractivity contribution in [1.82, 2.24) is 14.5 Å². The summed E-state index contributed by atoms with van der Waals surface area (Å²) in [7, 11) is 1.88. The number of nitrogens with zero attached hydrogens (tertiary/aromatic N) is 3. The Labute approximate surface area is 93.0 Å². The standard InChI is InChI=1S/C10H14N4S/c1-8-7-15-9(13-8)3-5-14-6-4-12-10(14)11-2/h4,6-7H,3,5H2,1-2H3,(H,11,12). The maximum atomic E-state index is 4.43. The predicted molar refractivity (Wildman–Crippen MR) is 62.3 cm³/mol. The summed E-state index contributed by atoms with van der Waals surface area (Å²) in [5, 5.41) is 6.32. The van der Waals surface area contributed by atoms with Crippen LogP contribution in [0.4, 0.5) is 5.95 Å². The van der Waals surface area contributed by atoms with Gasteiger partial charge in [-0.05, 0) is 6.92 Å². The number of hydrogen-bond donors (Lipinski definition) is 1. The Balaban J connectivity index is 1.98. The fourth-order valence-electron chi connectivity index (χ4n) is 1.45. The number of nitrogens with one attached hydrogen (secondary N) is 1. The van der Waals surface area contributed by atoms with E-state index in [-0.39, 0.29) is 0 Å². The van der Waals surface area contributed by atoms with Crippen LogP contribution in [-0.2, 0) is 13.0 Å². The molecule has 0 radical (unpaired) electrons. The summed E-state index contributed by atoms with van der Waals surface area (Å²) >= 11 is 1.72. The van der Waals surface area contributed by atoms with Gasteiger partial charge >= 0.3 is 0 Å². The van der Waals surface area contributed by atoms with E-state index in [4.69, 9.17) is 0 Å². The highest BCUT2D eigenvalue weighted by Crippen LogP contribution is 2.11. The van der Waals surface area contributed by atoms with Crippen LogP contribution in [0.1, 0.15) is 10.7 Å². The van der Waals surface area contributed by atoms with Gasteiger partial charge in [-0.1, -0.05) is 0 Å². The Morgan fingerprint density at radius 2 is 2.40 bits per heavy atom. The molecule has 0 spiro atoms. The van der Waals surface area contributed by atoms with Gasteiger partial charge in [-0.25, -0.2) is 9.97 Å². The van der Waals surface area contributed by atoms with Crippen LogP contribution in [0.25, 0.3) is 0 Å². The molecule has 2 heterocycles. The van der Waals surface area contributed by atoms with E-state index < -0.39 is 0 Å². The highest BCUT2D eigenvalue weighted by molar-refractivity contribution is 7.09. The van der Waals surface area contributed by atoms with Crippen LogP contribution in [0.15, 0.2) is 17.8 Å². The Morgan fingerprint density at radius 3 is 3.07 bits per heavy atom. The van der Waals surface area contributed by atoms with Crippen molar-refractivity contribution in [2.24, 2.45) is 0 Å². The summed E-state index contributed by atoms with van der Waals surface area (Å²) in [5.41, 5.74) is 1.11. The van der Waals surface area contributed by atoms with E-state index in [0.29, 0.717) is 0 Å². The fraction of sp³-hybridized carbons (Fsp3) is 0.400. The number of aromatic nitrogens is 3. The third kappa shape index (κ3) is 2.36. The molecule has 4 nitrogen and oxygen atoms in total. The van der Waals surface area contributed by atoms with Crippen molar-refractivity contribution in [3.63, 3.8) is 0 Å². The van der Waals surface area contributed by atoms with Crippen LogP contribution in [-0.4, -0.2) is 21.6 Å². The van der Waals surface area contributed by atoms with Gasteiger partial charge < -0.3 is 9.88 Å². The second kappa shape index (κ2) is 4.44. The number of anilines is 1. The average Bonchev–Trinajstić information content (AvgIpc) is 2.83. The predicted octanol–water partition coefficient (Wildman–Crippen LogP) is 1.93. The summed E-state index contributed by atoms with van der Waals surface area (Å²) in [6.45, 7) is 2.94. The first kappa shape index (κ1) is 10.2. The molecule has 2 rings (SSSR count). The number of imidazole rings is 1. The minimum Gasteiger partial charge on any atom is -0.359 e. The van der Waals surface area contributed by atoms with Gasteiger partial charge in [-0.15, -0.1) is 11.3 Å². The molecule has 1 N–H and O–H groups in total. The van der Waals surface area contributed by atoms with Crippen molar-refractivity contribution in [3.8, 4) is 0 Å². The molecular formula is C10H14N4S. The van der Waals surface area contributed by atoms with E-state index in [1.165, 1.54) is 5.01 Å². The van der Waals surface area contributed by atoms with E-state index in [2.05, 4.69) is 25.2 Å². The largest absolute Gasteiger partial charge is 0.359 e. The van der Waals surface area contributed by atoms with Gasteiger partial charge in [0.05, 0.1) is 5.01 Å². The van der Waals surface area contributed by atoms with Crippen LogP contribution >= 0.6 is 11.3 Å². The van der Waals surface area contributed by atoms with Crippen LogP contribution in [0, 0.1) is 6.92 Å². The van der Waals surface area contributed by atoms with E-state index in [9.17, 15) is 0 Å². The molecule has 0 unspecified atom stereocenters. The lowest BCUT2D eigenvalue weighted by Gasteiger charge is -2.04. The van der Waals surface area contributed by atoms with Gasteiger partial charge in [0.25, 0.3) is 0 Å². The molecule has 0 fully saturated rings. The smallest absolute Gasteiger partial charge is 0.202 e. The van der Waals surface area contributed by atoms with Crippen molar-refractivity contribution in [3.05, 3.63) is 28.5 Å². The first-order valence-corrected chi connectivity index (χ1v) is 5.77. The maximum absolute atomic E-state index is 4.43. The van der Waals surface area contributed by atoms with E-state index in [1.807, 2.05) is 20.2 Å². The molecule has 2 aromatic heterocycles. The second-order valence-electron chi connectivity index (χ2n) is 3.33. The molecule has 0 aliphatic carbocycles. The summed E-state index contributed by atoms with van der Waals surface area (Å²) in [4.78, 5) is 8.62. The molecule has 0 saturated carbocycles. The molecule has 0 aliphatic rings. The van der Waals surface area contributed by atoms with Crippen LogP contribution in [0.2, 0.25) is 0 Å². The molecule has 0 bridgehead atoms. The summed E-state index contributed by atoms with van der Waals surface area (Å²) in [5.74, 6) is 0.906. The topological polar surface area (TPSA) is 42.7 Å². The maximum Gasteiger partial charge on any atom is 0.202 e. The lowest BCUT2D eigenvalue weighted by molar-refractivity contribution is 0.699. The van der Waals surface area contributed by atoms with Crippen LogP contribution in [0.3, 0.4) is 0 Å². The number of hydrogen-bond acceptors (Lipinski definition) is 4. The highest BCUT2D eigenvalue weighted by atomic mass is 32.1. The van der Waals surface area contributed by atoms with Crippen molar-refractivity contribution in [1.29, 1.82) is 0 Å². The van der Waals surface area contributed by atoms with E-state index in [0.717, 1.165) is 24.6 Å². The molecule has 2 aromatic rings. The quantitative estimate of drug-likeness (QED) is 0.859. The van der Waals surface area contributed by atoms with E-state index in [1.54, 1.807) is 17.5 Å². The van der Waals surface area contributed by atoms with Gasteiger partial charge in [0, 0.05) is 43.5 Å². The lowest BCUT2D eigenvalue weighted by Crippen LogP contribution is -2.05. The van der Waals surface area contributed by atoms with Gasteiger partial charge in [0.2, 0.25) is 5.95 Å². The molecule has 0 atom stereocenters. The highest BCUT2D eigenvalue weighted by Gasteiger charge is 2.02. The third-order valence-corrected chi connectivity index (χ3v) is 3.20. The Morgan fingerprint density at radius 1 is 1.53 bits per heavy atom. The van der Waals surface area contributed by atoms with Crippen molar-refractivity contribution in [2.75, 3.05) is 12.4 Å². The second-order valence-corrected chi connectivity index (χ2v) is 4.27. The lowest BCUT2D eigenvalue weighted by atomic mass is 10.4. The molecular weight excluding hydrogens is 208 g/mol. The average molecular weight is 222 g/mol. The van der Waals surface area contributed by atoms with Gasteiger partial charge in [-0.2, -0.15) is 0 Å². The molecule has 0 amide bonds. The third-order valence-electron chi connectivity index (χ3n) is 2.17. The summed E-state index contributed by atoms with van der Waals surface area (Å²) in [6, 6.07) is 0. The Hall–Kier alpha value is -1.36. The summed E-state index contributed by atoms with van der Waals surface area (Å²) < 4.78 is 2.09. The molecule has 0 aromatic carbocycles. The SMILES string of the molecule is CNc1nccn1CCc1nc(C)cs1. The van der Waals surface area contributed by atoms with Crippen molar-refractivity contribution in [2.45, 2.75) is 19.9 Å². The van der Waals surface area contributed by atoms with E-state index >= 15 is 0 Å². The van der Waals surface area contributed by atoms with Gasteiger partial charge in [0.1, 0.15) is 0 Å². The molecule has 0 saturated heterocycles.